The van der Waals surface area contributed by atoms with Gasteiger partial charge in [0.2, 0.25) is 11.7 Å². The number of methoxy groups -OCH3 is 1. The monoisotopic (exact) mass is 175 g/mol. The van der Waals surface area contributed by atoms with Crippen LogP contribution < -0.4 is 5.73 Å². The van der Waals surface area contributed by atoms with Crippen molar-refractivity contribution in [3.63, 3.8) is 0 Å². The van der Waals surface area contributed by atoms with Gasteiger partial charge >= 0.3 is 0 Å². The lowest BCUT2D eigenvalue weighted by atomic mass is 10.2. The molecule has 0 aromatic carbocycles. The summed E-state index contributed by atoms with van der Waals surface area (Å²) < 4.78 is 15.4. The van der Waals surface area contributed by atoms with Gasteiger partial charge in [-0.3, -0.25) is 4.79 Å². The van der Waals surface area contributed by atoms with E-state index >= 15 is 0 Å². The molecule has 0 aliphatic carbocycles. The second-order valence-electron chi connectivity index (χ2n) is 2.68. The number of primary amides is 1. The standard InChI is InChI=1S/C7H13NO4/c1-10-5-7(4-6(8)9)11-2-3-12-7/h2-5H2,1H3,(H2,8,9). The molecule has 1 saturated heterocycles. The molecule has 1 aliphatic rings. The summed E-state index contributed by atoms with van der Waals surface area (Å²) in [5.41, 5.74) is 5.03. The number of rotatable bonds is 4. The lowest BCUT2D eigenvalue weighted by Gasteiger charge is -2.24. The lowest BCUT2D eigenvalue weighted by Crippen LogP contribution is -2.39. The summed E-state index contributed by atoms with van der Waals surface area (Å²) in [6, 6.07) is 0. The van der Waals surface area contributed by atoms with Crippen molar-refractivity contribution in [2.45, 2.75) is 12.2 Å². The number of ether oxygens (including phenoxy) is 3. The molecule has 1 aliphatic heterocycles. The number of nitrogens with two attached hydrogens (primary N) is 1. The molecular formula is C7H13NO4. The molecule has 70 valence electrons. The maximum absolute atomic E-state index is 10.6. The van der Waals surface area contributed by atoms with Crippen molar-refractivity contribution >= 4 is 5.91 Å². The molecule has 1 rings (SSSR count). The van der Waals surface area contributed by atoms with Crippen molar-refractivity contribution in [3.05, 3.63) is 0 Å². The predicted octanol–water partition coefficient (Wildman–Crippen LogP) is -0.749. The van der Waals surface area contributed by atoms with Gasteiger partial charge in [-0.1, -0.05) is 0 Å². The summed E-state index contributed by atoms with van der Waals surface area (Å²) in [6.45, 7) is 1.20. The van der Waals surface area contributed by atoms with E-state index in [1.807, 2.05) is 0 Å². The van der Waals surface area contributed by atoms with Crippen LogP contribution in [0.25, 0.3) is 0 Å². The van der Waals surface area contributed by atoms with Gasteiger partial charge in [0.25, 0.3) is 0 Å². The number of hydrogen-bond donors (Lipinski definition) is 1. The molecule has 5 nitrogen and oxygen atoms in total. The molecule has 1 amide bonds. The molecule has 0 spiro atoms. The molecule has 0 aromatic rings. The third-order valence-corrected chi connectivity index (χ3v) is 1.62. The van der Waals surface area contributed by atoms with Crippen molar-refractivity contribution in [1.82, 2.24) is 0 Å². The smallest absolute Gasteiger partial charge is 0.222 e. The Hall–Kier alpha value is -0.650. The fraction of sp³-hybridized carbons (Fsp3) is 0.857. The Morgan fingerprint density at radius 3 is 2.58 bits per heavy atom. The van der Waals surface area contributed by atoms with Gasteiger partial charge in [0.05, 0.1) is 19.6 Å². The van der Waals surface area contributed by atoms with Crippen LogP contribution in [0.15, 0.2) is 0 Å². The molecular weight excluding hydrogens is 162 g/mol. The molecule has 0 radical (unpaired) electrons. The Morgan fingerprint density at radius 1 is 1.58 bits per heavy atom. The topological polar surface area (TPSA) is 70.8 Å². The van der Waals surface area contributed by atoms with Crippen LogP contribution in [0, 0.1) is 0 Å². The Kier molecular flexibility index (Phi) is 3.02. The van der Waals surface area contributed by atoms with E-state index in [0.717, 1.165) is 0 Å². The number of carbonyl (C=O) groups is 1. The van der Waals surface area contributed by atoms with E-state index in [4.69, 9.17) is 19.9 Å². The normalized spacial score (nSPS) is 21.1. The van der Waals surface area contributed by atoms with Gasteiger partial charge in [0.1, 0.15) is 6.61 Å². The van der Waals surface area contributed by atoms with Gasteiger partial charge in [0, 0.05) is 7.11 Å². The minimum atomic E-state index is -0.930. The van der Waals surface area contributed by atoms with Gasteiger partial charge in [-0.15, -0.1) is 0 Å². The zero-order valence-electron chi connectivity index (χ0n) is 7.04. The second kappa shape index (κ2) is 3.84. The third-order valence-electron chi connectivity index (χ3n) is 1.62. The van der Waals surface area contributed by atoms with Crippen LogP contribution in [0.4, 0.5) is 0 Å². The van der Waals surface area contributed by atoms with Crippen molar-refractivity contribution < 1.29 is 19.0 Å². The third kappa shape index (κ3) is 2.17. The van der Waals surface area contributed by atoms with E-state index in [-0.39, 0.29) is 13.0 Å². The first-order valence-corrected chi connectivity index (χ1v) is 3.74. The van der Waals surface area contributed by atoms with Crippen molar-refractivity contribution in [3.8, 4) is 0 Å². The fourth-order valence-electron chi connectivity index (χ4n) is 1.22. The van der Waals surface area contributed by atoms with Gasteiger partial charge in [0.15, 0.2) is 0 Å². The Morgan fingerprint density at radius 2 is 2.17 bits per heavy atom. The largest absolute Gasteiger partial charge is 0.379 e. The van der Waals surface area contributed by atoms with Crippen molar-refractivity contribution in [1.29, 1.82) is 0 Å². The zero-order valence-corrected chi connectivity index (χ0v) is 7.04. The Bertz CT molecular complexity index is 165. The number of hydrogen-bond acceptors (Lipinski definition) is 4. The van der Waals surface area contributed by atoms with E-state index in [1.54, 1.807) is 0 Å². The summed E-state index contributed by atoms with van der Waals surface area (Å²) in [4.78, 5) is 10.6. The molecule has 2 N–H and O–H groups in total. The first-order chi connectivity index (χ1) is 5.68. The molecule has 1 heterocycles. The molecule has 0 bridgehead atoms. The van der Waals surface area contributed by atoms with Crippen LogP contribution in [0.5, 0.6) is 0 Å². The van der Waals surface area contributed by atoms with Gasteiger partial charge in [-0.2, -0.15) is 0 Å². The molecule has 5 heteroatoms. The molecule has 12 heavy (non-hydrogen) atoms. The average Bonchev–Trinajstić information content (AvgIpc) is 2.36. The summed E-state index contributed by atoms with van der Waals surface area (Å²) in [6.07, 6.45) is 0.0425. The van der Waals surface area contributed by atoms with Crippen molar-refractivity contribution in [2.24, 2.45) is 5.73 Å². The highest BCUT2D eigenvalue weighted by molar-refractivity contribution is 5.74. The van der Waals surface area contributed by atoms with E-state index in [9.17, 15) is 4.79 Å². The fourth-order valence-corrected chi connectivity index (χ4v) is 1.22. The highest BCUT2D eigenvalue weighted by Crippen LogP contribution is 2.23. The van der Waals surface area contributed by atoms with E-state index < -0.39 is 11.7 Å². The maximum Gasteiger partial charge on any atom is 0.222 e. The predicted molar refractivity (Wildman–Crippen MR) is 40.3 cm³/mol. The Labute approximate surface area is 70.8 Å². The highest BCUT2D eigenvalue weighted by Gasteiger charge is 2.38. The zero-order chi connectivity index (χ0) is 9.03. The molecule has 0 atom stereocenters. The summed E-state index contributed by atoms with van der Waals surface area (Å²) >= 11 is 0. The first-order valence-electron chi connectivity index (χ1n) is 3.74. The van der Waals surface area contributed by atoms with E-state index in [1.165, 1.54) is 7.11 Å². The quantitative estimate of drug-likeness (QED) is 0.610. The minimum Gasteiger partial charge on any atom is -0.379 e. The SMILES string of the molecule is COCC1(CC(N)=O)OCCO1. The molecule has 0 unspecified atom stereocenters. The van der Waals surface area contributed by atoms with Crippen LogP contribution >= 0.6 is 0 Å². The van der Waals surface area contributed by atoms with Crippen LogP contribution in [-0.2, 0) is 19.0 Å². The lowest BCUT2D eigenvalue weighted by molar-refractivity contribution is -0.193. The van der Waals surface area contributed by atoms with Crippen LogP contribution in [0.3, 0.4) is 0 Å². The molecule has 0 aromatic heterocycles. The molecule has 1 fully saturated rings. The summed E-state index contributed by atoms with van der Waals surface area (Å²) in [5.74, 6) is -1.38. The van der Waals surface area contributed by atoms with Crippen LogP contribution in [0.2, 0.25) is 0 Å². The maximum atomic E-state index is 10.6. The second-order valence-corrected chi connectivity index (χ2v) is 2.68. The van der Waals surface area contributed by atoms with Gasteiger partial charge in [-0.25, -0.2) is 0 Å². The van der Waals surface area contributed by atoms with Crippen LogP contribution in [0.1, 0.15) is 6.42 Å². The average molecular weight is 175 g/mol. The van der Waals surface area contributed by atoms with Crippen molar-refractivity contribution in [2.75, 3.05) is 26.9 Å². The van der Waals surface area contributed by atoms with Crippen LogP contribution in [-0.4, -0.2) is 38.6 Å². The highest BCUT2D eigenvalue weighted by atomic mass is 16.8. The molecule has 0 saturated carbocycles. The van der Waals surface area contributed by atoms with E-state index in [2.05, 4.69) is 0 Å². The summed E-state index contributed by atoms with van der Waals surface area (Å²) in [5, 5.41) is 0. The summed E-state index contributed by atoms with van der Waals surface area (Å²) in [7, 11) is 1.52. The number of amides is 1. The van der Waals surface area contributed by atoms with Gasteiger partial charge < -0.3 is 19.9 Å². The first kappa shape index (κ1) is 9.44. The van der Waals surface area contributed by atoms with Gasteiger partial charge in [-0.05, 0) is 0 Å². The Balaban J connectivity index is 2.52. The number of carbonyl (C=O) groups excluding carboxylic acids is 1. The van der Waals surface area contributed by atoms with E-state index in [0.29, 0.717) is 13.2 Å². The minimum absolute atomic E-state index is 0.0425.